The Hall–Kier alpha value is -1.92. The second kappa shape index (κ2) is 9.10. The molecule has 6 heteroatoms. The van der Waals surface area contributed by atoms with Gasteiger partial charge in [0.25, 0.3) is 0 Å². The van der Waals surface area contributed by atoms with E-state index >= 15 is 0 Å². The monoisotopic (exact) mass is 294 g/mol. The molecule has 1 rings (SSSR count). The molecule has 0 heterocycles. The van der Waals surface area contributed by atoms with Gasteiger partial charge in [0.15, 0.2) is 0 Å². The lowest BCUT2D eigenvalue weighted by molar-refractivity contribution is -0.121. The smallest absolute Gasteiger partial charge is 0.250 e. The number of amides is 2. The first-order chi connectivity index (χ1) is 10.0. The summed E-state index contributed by atoms with van der Waals surface area (Å²) in [5.41, 5.74) is 1.35. The van der Waals surface area contributed by atoms with Gasteiger partial charge in [0.05, 0.1) is 13.2 Å². The average Bonchev–Trinajstić information content (AvgIpc) is 2.45. The number of hydrogen-bond acceptors (Lipinski definition) is 4. The number of carbonyl (C=O) groups excluding carboxylic acids is 2. The summed E-state index contributed by atoms with van der Waals surface area (Å²) < 4.78 is 9.93. The van der Waals surface area contributed by atoms with Crippen LogP contribution in [0, 0.1) is 5.92 Å². The highest BCUT2D eigenvalue weighted by atomic mass is 16.5. The van der Waals surface area contributed by atoms with Gasteiger partial charge < -0.3 is 20.1 Å². The second-order valence-corrected chi connectivity index (χ2v) is 4.81. The molecule has 0 atom stereocenters. The van der Waals surface area contributed by atoms with E-state index in [4.69, 9.17) is 9.47 Å². The standard InChI is InChI=1S/C15H22N2O4/c1-11(2)15(19)17-13-6-4-12(5-7-13)16-14(18)10-21-9-8-20-3/h4-7,11H,8-10H2,1-3H3,(H,16,18)(H,17,19). The lowest BCUT2D eigenvalue weighted by atomic mass is 10.2. The number of benzene rings is 1. The van der Waals surface area contributed by atoms with E-state index in [1.807, 2.05) is 13.8 Å². The van der Waals surface area contributed by atoms with E-state index in [1.54, 1.807) is 31.4 Å². The summed E-state index contributed by atoms with van der Waals surface area (Å²) in [5, 5.41) is 5.48. The van der Waals surface area contributed by atoms with Crippen LogP contribution in [0.3, 0.4) is 0 Å². The van der Waals surface area contributed by atoms with Gasteiger partial charge in [-0.1, -0.05) is 13.8 Å². The molecule has 1 aromatic rings. The molecule has 0 saturated carbocycles. The zero-order chi connectivity index (χ0) is 15.7. The van der Waals surface area contributed by atoms with Gasteiger partial charge in [0.1, 0.15) is 6.61 Å². The highest BCUT2D eigenvalue weighted by molar-refractivity contribution is 5.94. The maximum absolute atomic E-state index is 11.6. The number of ether oxygens (including phenoxy) is 2. The third-order valence-electron chi connectivity index (χ3n) is 2.63. The molecule has 21 heavy (non-hydrogen) atoms. The molecule has 0 bridgehead atoms. The minimum Gasteiger partial charge on any atom is -0.382 e. The molecular weight excluding hydrogens is 272 g/mol. The molecule has 0 radical (unpaired) electrons. The van der Waals surface area contributed by atoms with Crippen LogP contribution in [0.25, 0.3) is 0 Å². The lowest BCUT2D eigenvalue weighted by Gasteiger charge is -2.09. The van der Waals surface area contributed by atoms with E-state index in [-0.39, 0.29) is 24.3 Å². The maximum Gasteiger partial charge on any atom is 0.250 e. The van der Waals surface area contributed by atoms with E-state index < -0.39 is 0 Å². The van der Waals surface area contributed by atoms with E-state index in [0.29, 0.717) is 24.6 Å². The van der Waals surface area contributed by atoms with Crippen molar-refractivity contribution in [1.82, 2.24) is 0 Å². The third-order valence-corrected chi connectivity index (χ3v) is 2.63. The third kappa shape index (κ3) is 6.87. The molecule has 0 aliphatic rings. The molecule has 0 aliphatic carbocycles. The van der Waals surface area contributed by atoms with Gasteiger partial charge in [0.2, 0.25) is 11.8 Å². The summed E-state index contributed by atoms with van der Waals surface area (Å²) in [7, 11) is 1.57. The van der Waals surface area contributed by atoms with E-state index in [1.165, 1.54) is 0 Å². The van der Waals surface area contributed by atoms with Gasteiger partial charge >= 0.3 is 0 Å². The molecule has 0 saturated heterocycles. The van der Waals surface area contributed by atoms with Crippen molar-refractivity contribution in [2.45, 2.75) is 13.8 Å². The van der Waals surface area contributed by atoms with E-state index in [0.717, 1.165) is 0 Å². The van der Waals surface area contributed by atoms with Crippen LogP contribution in [0.2, 0.25) is 0 Å². The Morgan fingerprint density at radius 2 is 1.62 bits per heavy atom. The summed E-state index contributed by atoms with van der Waals surface area (Å²) >= 11 is 0. The van der Waals surface area contributed by atoms with Crippen molar-refractivity contribution in [1.29, 1.82) is 0 Å². The summed E-state index contributed by atoms with van der Waals surface area (Å²) in [6.07, 6.45) is 0. The highest BCUT2D eigenvalue weighted by Gasteiger charge is 2.07. The first-order valence-electron chi connectivity index (χ1n) is 6.80. The van der Waals surface area contributed by atoms with Crippen LogP contribution in [0.4, 0.5) is 11.4 Å². The Kier molecular flexibility index (Phi) is 7.42. The predicted octanol–water partition coefficient (Wildman–Crippen LogP) is 1.88. The molecule has 0 aliphatic heterocycles. The zero-order valence-electron chi connectivity index (χ0n) is 12.6. The van der Waals surface area contributed by atoms with E-state index in [9.17, 15) is 9.59 Å². The van der Waals surface area contributed by atoms with Crippen LogP contribution in [0.5, 0.6) is 0 Å². The number of hydrogen-bond donors (Lipinski definition) is 2. The topological polar surface area (TPSA) is 76.7 Å². The fraction of sp³-hybridized carbons (Fsp3) is 0.467. The Labute approximate surface area is 124 Å². The van der Waals surface area contributed by atoms with Crippen LogP contribution >= 0.6 is 0 Å². The number of rotatable bonds is 8. The van der Waals surface area contributed by atoms with Crippen LogP contribution in [0.15, 0.2) is 24.3 Å². The summed E-state index contributed by atoms with van der Waals surface area (Å²) in [5.74, 6) is -0.350. The first kappa shape index (κ1) is 17.1. The van der Waals surface area contributed by atoms with Gasteiger partial charge in [-0.2, -0.15) is 0 Å². The molecule has 0 aromatic heterocycles. The van der Waals surface area contributed by atoms with Crippen LogP contribution in [-0.4, -0.2) is 38.7 Å². The van der Waals surface area contributed by atoms with Crippen molar-refractivity contribution >= 4 is 23.2 Å². The highest BCUT2D eigenvalue weighted by Crippen LogP contribution is 2.14. The van der Waals surface area contributed by atoms with Crippen LogP contribution in [-0.2, 0) is 19.1 Å². The number of carbonyl (C=O) groups is 2. The minimum absolute atomic E-state index is 0.0187. The quantitative estimate of drug-likeness (QED) is 0.718. The van der Waals surface area contributed by atoms with Gasteiger partial charge in [0, 0.05) is 24.4 Å². The van der Waals surface area contributed by atoms with Crippen LogP contribution in [0.1, 0.15) is 13.8 Å². The number of nitrogens with one attached hydrogen (secondary N) is 2. The molecule has 116 valence electrons. The normalized spacial score (nSPS) is 10.5. The average molecular weight is 294 g/mol. The second-order valence-electron chi connectivity index (χ2n) is 4.81. The molecule has 0 fully saturated rings. The summed E-state index contributed by atoms with van der Waals surface area (Å²) in [6, 6.07) is 6.93. The van der Waals surface area contributed by atoms with Crippen LogP contribution < -0.4 is 10.6 Å². The van der Waals surface area contributed by atoms with Gasteiger partial charge in [-0.25, -0.2) is 0 Å². The Morgan fingerprint density at radius 1 is 1.05 bits per heavy atom. The van der Waals surface area contributed by atoms with Crippen molar-refractivity contribution in [3.05, 3.63) is 24.3 Å². The molecule has 0 spiro atoms. The van der Waals surface area contributed by atoms with E-state index in [2.05, 4.69) is 10.6 Å². The van der Waals surface area contributed by atoms with Gasteiger partial charge in [-0.15, -0.1) is 0 Å². The SMILES string of the molecule is COCCOCC(=O)Nc1ccc(NC(=O)C(C)C)cc1. The zero-order valence-corrected chi connectivity index (χ0v) is 12.6. The number of methoxy groups -OCH3 is 1. The summed E-state index contributed by atoms with van der Waals surface area (Å²) in [4.78, 5) is 23.1. The lowest BCUT2D eigenvalue weighted by Crippen LogP contribution is -2.20. The molecular formula is C15H22N2O4. The maximum atomic E-state index is 11.6. The van der Waals surface area contributed by atoms with Crippen molar-refractivity contribution in [3.63, 3.8) is 0 Å². The summed E-state index contributed by atoms with van der Waals surface area (Å²) in [6.45, 7) is 4.47. The Balaban J connectivity index is 2.40. The fourth-order valence-electron chi connectivity index (χ4n) is 1.43. The van der Waals surface area contributed by atoms with Crippen molar-refractivity contribution in [2.75, 3.05) is 37.6 Å². The molecule has 0 unspecified atom stereocenters. The van der Waals surface area contributed by atoms with Crippen molar-refractivity contribution in [2.24, 2.45) is 5.92 Å². The van der Waals surface area contributed by atoms with Crippen molar-refractivity contribution < 1.29 is 19.1 Å². The molecule has 2 amide bonds. The number of anilines is 2. The molecule has 1 aromatic carbocycles. The largest absolute Gasteiger partial charge is 0.382 e. The fourth-order valence-corrected chi connectivity index (χ4v) is 1.43. The first-order valence-corrected chi connectivity index (χ1v) is 6.80. The Morgan fingerprint density at radius 3 is 2.14 bits per heavy atom. The van der Waals surface area contributed by atoms with Gasteiger partial charge in [-0.3, -0.25) is 9.59 Å². The molecule has 2 N–H and O–H groups in total. The van der Waals surface area contributed by atoms with Gasteiger partial charge in [-0.05, 0) is 24.3 Å². The minimum atomic E-state index is -0.231. The molecule has 6 nitrogen and oxygen atoms in total. The Bertz CT molecular complexity index is 457. The predicted molar refractivity (Wildman–Crippen MR) is 81.2 cm³/mol. The van der Waals surface area contributed by atoms with Crippen molar-refractivity contribution in [3.8, 4) is 0 Å².